The number of rotatable bonds is 11. The van der Waals surface area contributed by atoms with Crippen LogP contribution in [0.25, 0.3) is 0 Å². The van der Waals surface area contributed by atoms with Gasteiger partial charge in [0.05, 0.1) is 19.2 Å². The van der Waals surface area contributed by atoms with Crippen molar-refractivity contribution in [3.8, 4) is 5.75 Å². The third-order valence-electron chi connectivity index (χ3n) is 3.23. The van der Waals surface area contributed by atoms with Gasteiger partial charge in [-0.3, -0.25) is 0 Å². The van der Waals surface area contributed by atoms with Crippen molar-refractivity contribution in [2.75, 3.05) is 19.8 Å². The molecule has 0 radical (unpaired) electrons. The van der Waals surface area contributed by atoms with E-state index in [0.29, 0.717) is 0 Å². The standard InChI is InChI=1S/C15H14F8O4/c16-12(17)14(20,21)15(22,23)13(18,19)8-26-6-1-7-27-10-4-2-9(3-5-10)11(24)25/h2-5,12H,1,6-8H2,(H,24,25)/p-1. The lowest BCUT2D eigenvalue weighted by molar-refractivity contribution is -0.346. The summed E-state index contributed by atoms with van der Waals surface area (Å²) in [6.07, 6.45) is -5.11. The van der Waals surface area contributed by atoms with Gasteiger partial charge in [0.25, 0.3) is 0 Å². The van der Waals surface area contributed by atoms with E-state index in [4.69, 9.17) is 4.74 Å². The van der Waals surface area contributed by atoms with Crippen LogP contribution in [0, 0.1) is 0 Å². The first kappa shape index (κ1) is 22.9. The molecule has 0 aliphatic heterocycles. The van der Waals surface area contributed by atoms with Crippen molar-refractivity contribution in [2.45, 2.75) is 30.6 Å². The maximum Gasteiger partial charge on any atom is 0.380 e. The predicted molar refractivity (Wildman–Crippen MR) is 72.5 cm³/mol. The normalized spacial score (nSPS) is 13.1. The highest BCUT2D eigenvalue weighted by molar-refractivity contribution is 5.85. The second kappa shape index (κ2) is 8.72. The fourth-order valence-electron chi connectivity index (χ4n) is 1.71. The van der Waals surface area contributed by atoms with Gasteiger partial charge in [0.15, 0.2) is 0 Å². The minimum atomic E-state index is -6.30. The molecule has 0 saturated carbocycles. The Morgan fingerprint density at radius 1 is 1.00 bits per heavy atom. The number of aromatic carboxylic acids is 1. The van der Waals surface area contributed by atoms with Gasteiger partial charge in [-0.05, 0) is 29.8 Å². The van der Waals surface area contributed by atoms with Gasteiger partial charge in [-0.15, -0.1) is 0 Å². The van der Waals surface area contributed by atoms with Crippen molar-refractivity contribution in [3.63, 3.8) is 0 Å². The maximum absolute atomic E-state index is 13.2. The molecule has 0 bridgehead atoms. The number of carboxylic acid groups (broad SMARTS) is 1. The summed E-state index contributed by atoms with van der Waals surface area (Å²) in [6.45, 7) is -2.97. The number of carbonyl (C=O) groups is 1. The molecule has 4 nitrogen and oxygen atoms in total. The van der Waals surface area contributed by atoms with E-state index in [1.54, 1.807) is 0 Å². The highest BCUT2D eigenvalue weighted by atomic mass is 19.4. The molecule has 0 heterocycles. The van der Waals surface area contributed by atoms with Crippen LogP contribution in [-0.4, -0.2) is 50.0 Å². The van der Waals surface area contributed by atoms with E-state index in [-0.39, 0.29) is 24.3 Å². The van der Waals surface area contributed by atoms with Crippen LogP contribution >= 0.6 is 0 Å². The molecule has 1 aromatic rings. The molecule has 0 amide bonds. The lowest BCUT2D eigenvalue weighted by Gasteiger charge is -2.32. The maximum atomic E-state index is 13.2. The average Bonchev–Trinajstić information content (AvgIpc) is 2.57. The minimum Gasteiger partial charge on any atom is -0.545 e. The van der Waals surface area contributed by atoms with Crippen LogP contribution in [0.1, 0.15) is 16.8 Å². The summed E-state index contributed by atoms with van der Waals surface area (Å²) in [7, 11) is 0. The van der Waals surface area contributed by atoms with Crippen LogP contribution in [0.15, 0.2) is 24.3 Å². The number of halogens is 8. The smallest absolute Gasteiger partial charge is 0.380 e. The number of hydrogen-bond acceptors (Lipinski definition) is 4. The Morgan fingerprint density at radius 3 is 2.04 bits per heavy atom. The van der Waals surface area contributed by atoms with Crippen molar-refractivity contribution in [2.24, 2.45) is 0 Å². The molecule has 0 fully saturated rings. The van der Waals surface area contributed by atoms with Gasteiger partial charge < -0.3 is 19.4 Å². The zero-order chi connectivity index (χ0) is 20.9. The predicted octanol–water partition coefficient (Wildman–Crippen LogP) is 3.01. The molecular weight excluding hydrogens is 396 g/mol. The quantitative estimate of drug-likeness (QED) is 0.417. The summed E-state index contributed by atoms with van der Waals surface area (Å²) in [6, 6.07) is 4.89. The third kappa shape index (κ3) is 5.44. The molecule has 1 rings (SSSR count). The second-order valence-corrected chi connectivity index (χ2v) is 5.27. The molecule has 154 valence electrons. The van der Waals surface area contributed by atoms with Crippen LogP contribution in [0.3, 0.4) is 0 Å². The Morgan fingerprint density at radius 2 is 1.56 bits per heavy atom. The third-order valence-corrected chi connectivity index (χ3v) is 3.23. The molecule has 0 atom stereocenters. The Hall–Kier alpha value is -2.11. The van der Waals surface area contributed by atoms with Crippen LogP contribution in [-0.2, 0) is 4.74 Å². The minimum absolute atomic E-state index is 0.116. The van der Waals surface area contributed by atoms with Gasteiger partial charge in [0, 0.05) is 6.42 Å². The topological polar surface area (TPSA) is 58.6 Å². The molecule has 0 N–H and O–H groups in total. The highest BCUT2D eigenvalue weighted by Gasteiger charge is 2.75. The van der Waals surface area contributed by atoms with Gasteiger partial charge in [0.1, 0.15) is 12.4 Å². The monoisotopic (exact) mass is 409 g/mol. The molecule has 12 heteroatoms. The summed E-state index contributed by atoms with van der Waals surface area (Å²) in [5.41, 5.74) is -0.116. The SMILES string of the molecule is O=C([O-])c1ccc(OCCCOCC(F)(F)C(F)(F)C(F)(F)C(F)F)cc1. The summed E-state index contributed by atoms with van der Waals surface area (Å²) in [4.78, 5) is 10.5. The van der Waals surface area contributed by atoms with E-state index in [9.17, 15) is 45.0 Å². The first-order valence-corrected chi connectivity index (χ1v) is 7.26. The Bertz CT molecular complexity index is 619. The van der Waals surface area contributed by atoms with Crippen molar-refractivity contribution < 1.29 is 54.5 Å². The van der Waals surface area contributed by atoms with Crippen LogP contribution in [0.4, 0.5) is 35.1 Å². The van der Waals surface area contributed by atoms with E-state index in [1.165, 1.54) is 24.3 Å². The van der Waals surface area contributed by atoms with Gasteiger partial charge in [-0.2, -0.15) is 26.3 Å². The molecule has 1 aromatic carbocycles. The number of ether oxygens (including phenoxy) is 2. The van der Waals surface area contributed by atoms with E-state index >= 15 is 0 Å². The van der Waals surface area contributed by atoms with Crippen molar-refractivity contribution in [1.82, 2.24) is 0 Å². The highest BCUT2D eigenvalue weighted by Crippen LogP contribution is 2.48. The summed E-state index contributed by atoms with van der Waals surface area (Å²) in [5.74, 6) is -19.3. The van der Waals surface area contributed by atoms with Gasteiger partial charge >= 0.3 is 24.2 Å². The fourth-order valence-corrected chi connectivity index (χ4v) is 1.71. The van der Waals surface area contributed by atoms with Crippen molar-refractivity contribution >= 4 is 5.97 Å². The Kier molecular flexibility index (Phi) is 7.40. The Labute approximate surface area is 147 Å². The van der Waals surface area contributed by atoms with Crippen LogP contribution in [0.2, 0.25) is 0 Å². The zero-order valence-electron chi connectivity index (χ0n) is 13.4. The van der Waals surface area contributed by atoms with Crippen molar-refractivity contribution in [3.05, 3.63) is 29.8 Å². The number of benzene rings is 1. The van der Waals surface area contributed by atoms with Crippen LogP contribution < -0.4 is 9.84 Å². The van der Waals surface area contributed by atoms with Crippen LogP contribution in [0.5, 0.6) is 5.75 Å². The molecule has 27 heavy (non-hydrogen) atoms. The fraction of sp³-hybridized carbons (Fsp3) is 0.533. The Balaban J connectivity index is 2.41. The van der Waals surface area contributed by atoms with E-state index < -0.39 is 43.4 Å². The first-order valence-electron chi connectivity index (χ1n) is 7.26. The molecular formula is C15H13F8O4-. The number of alkyl halides is 8. The molecule has 0 spiro atoms. The van der Waals surface area contributed by atoms with Gasteiger partial charge in [-0.25, -0.2) is 8.78 Å². The van der Waals surface area contributed by atoms with E-state index in [1.807, 2.05) is 0 Å². The molecule has 0 aliphatic rings. The summed E-state index contributed by atoms with van der Waals surface area (Å²) < 4.78 is 111. The number of carboxylic acids is 1. The number of hydrogen-bond donors (Lipinski definition) is 0. The zero-order valence-corrected chi connectivity index (χ0v) is 13.4. The lowest BCUT2D eigenvalue weighted by atomic mass is 10.1. The average molecular weight is 409 g/mol. The molecule has 0 aliphatic carbocycles. The van der Waals surface area contributed by atoms with E-state index in [0.717, 1.165) is 0 Å². The lowest BCUT2D eigenvalue weighted by Crippen LogP contribution is -2.59. The van der Waals surface area contributed by atoms with Gasteiger partial charge in [0.2, 0.25) is 0 Å². The first-order chi connectivity index (χ1) is 12.3. The van der Waals surface area contributed by atoms with Gasteiger partial charge in [-0.1, -0.05) is 0 Å². The summed E-state index contributed by atoms with van der Waals surface area (Å²) >= 11 is 0. The molecule has 0 unspecified atom stereocenters. The summed E-state index contributed by atoms with van der Waals surface area (Å²) in [5, 5.41) is 10.5. The molecule has 0 aromatic heterocycles. The number of carbonyl (C=O) groups excluding carboxylic acids is 1. The van der Waals surface area contributed by atoms with Crippen molar-refractivity contribution in [1.29, 1.82) is 0 Å². The second-order valence-electron chi connectivity index (χ2n) is 5.27. The molecule has 0 saturated heterocycles. The van der Waals surface area contributed by atoms with E-state index in [2.05, 4.69) is 4.74 Å². The largest absolute Gasteiger partial charge is 0.545 e.